The highest BCUT2D eigenvalue weighted by Gasteiger charge is 2.27. The van der Waals surface area contributed by atoms with E-state index >= 15 is 0 Å². The second kappa shape index (κ2) is 4.49. The van der Waals surface area contributed by atoms with Crippen LogP contribution in [0.4, 0.5) is 5.69 Å². The number of aromatic nitrogens is 1. The van der Waals surface area contributed by atoms with Crippen molar-refractivity contribution in [3.05, 3.63) is 54.1 Å². The van der Waals surface area contributed by atoms with Gasteiger partial charge in [0.05, 0.1) is 16.3 Å². The number of fused-ring (bicyclic) bond motifs is 2. The van der Waals surface area contributed by atoms with Crippen molar-refractivity contribution in [3.8, 4) is 0 Å². The van der Waals surface area contributed by atoms with Gasteiger partial charge in [-0.05, 0) is 30.3 Å². The molecule has 0 spiro atoms. The van der Waals surface area contributed by atoms with Crippen molar-refractivity contribution >= 4 is 40.0 Å². The van der Waals surface area contributed by atoms with Gasteiger partial charge < -0.3 is 10.3 Å². The van der Waals surface area contributed by atoms with E-state index in [9.17, 15) is 9.59 Å². The number of ketones is 1. The van der Waals surface area contributed by atoms with Gasteiger partial charge in [0, 0.05) is 15.8 Å². The van der Waals surface area contributed by atoms with Crippen LogP contribution < -0.4 is 5.32 Å². The number of benzene rings is 2. The van der Waals surface area contributed by atoms with Gasteiger partial charge in [-0.1, -0.05) is 30.0 Å². The Hall–Kier alpha value is -2.53. The largest absolute Gasteiger partial charge is 0.349 e. The Morgan fingerprint density at radius 1 is 0.952 bits per heavy atom. The Kier molecular flexibility index (Phi) is 2.62. The van der Waals surface area contributed by atoms with Crippen molar-refractivity contribution in [1.82, 2.24) is 4.98 Å². The summed E-state index contributed by atoms with van der Waals surface area (Å²) in [5, 5.41) is 4.77. The molecule has 1 amide bonds. The zero-order valence-corrected chi connectivity index (χ0v) is 11.7. The molecule has 5 heteroatoms. The van der Waals surface area contributed by atoms with Gasteiger partial charge >= 0.3 is 0 Å². The first-order valence-corrected chi connectivity index (χ1v) is 7.28. The summed E-state index contributed by atoms with van der Waals surface area (Å²) in [6.07, 6.45) is 0. The molecule has 4 rings (SSSR count). The second-order valence-electron chi connectivity index (χ2n) is 4.81. The van der Waals surface area contributed by atoms with Crippen LogP contribution in [0.1, 0.15) is 10.4 Å². The Morgan fingerprint density at radius 2 is 1.81 bits per heavy atom. The van der Waals surface area contributed by atoms with E-state index in [1.54, 1.807) is 17.8 Å². The molecule has 0 atom stereocenters. The summed E-state index contributed by atoms with van der Waals surface area (Å²) in [5.41, 5.74) is 2.12. The number of hydrogen-bond acceptors (Lipinski definition) is 3. The smallest absolute Gasteiger partial charge is 0.296 e. The number of amides is 1. The first kappa shape index (κ1) is 12.2. The number of nitrogens with one attached hydrogen (secondary N) is 2. The monoisotopic (exact) mass is 294 g/mol. The number of aromatic amines is 1. The SMILES string of the molecule is O=C1Nc2cc(Sc3cc4ccccc4[nH]3)ccc2C1=O. The molecular formula is C16H10N2O2S. The summed E-state index contributed by atoms with van der Waals surface area (Å²) in [6, 6.07) is 15.5. The van der Waals surface area contributed by atoms with Crippen molar-refractivity contribution < 1.29 is 9.59 Å². The van der Waals surface area contributed by atoms with Gasteiger partial charge in [0.1, 0.15) is 0 Å². The summed E-state index contributed by atoms with van der Waals surface area (Å²) >= 11 is 1.56. The Balaban J connectivity index is 1.67. The third kappa shape index (κ3) is 2.02. The molecule has 2 aromatic carbocycles. The fourth-order valence-electron chi connectivity index (χ4n) is 2.42. The van der Waals surface area contributed by atoms with Gasteiger partial charge in [-0.3, -0.25) is 9.59 Å². The Labute approximate surface area is 124 Å². The predicted octanol–water partition coefficient (Wildman–Crippen LogP) is 3.45. The number of carbonyl (C=O) groups is 2. The van der Waals surface area contributed by atoms with E-state index in [1.807, 2.05) is 30.3 Å². The maximum atomic E-state index is 11.6. The van der Waals surface area contributed by atoms with Crippen molar-refractivity contribution in [2.75, 3.05) is 5.32 Å². The molecule has 21 heavy (non-hydrogen) atoms. The molecule has 0 saturated heterocycles. The molecule has 3 aromatic rings. The van der Waals surface area contributed by atoms with Crippen LogP contribution in [-0.2, 0) is 4.79 Å². The number of anilines is 1. The number of hydrogen-bond donors (Lipinski definition) is 2. The van der Waals surface area contributed by atoms with Crippen LogP contribution in [0.25, 0.3) is 10.9 Å². The van der Waals surface area contributed by atoms with Crippen LogP contribution in [0.2, 0.25) is 0 Å². The summed E-state index contributed by atoms with van der Waals surface area (Å²) in [7, 11) is 0. The van der Waals surface area contributed by atoms with Gasteiger partial charge in [-0.15, -0.1) is 0 Å². The fraction of sp³-hybridized carbons (Fsp3) is 0. The van der Waals surface area contributed by atoms with Crippen molar-refractivity contribution in [3.63, 3.8) is 0 Å². The molecule has 1 aliphatic rings. The third-order valence-corrected chi connectivity index (χ3v) is 4.35. The molecule has 0 unspecified atom stereocenters. The minimum atomic E-state index is -0.558. The first-order chi connectivity index (χ1) is 10.2. The second-order valence-corrected chi connectivity index (χ2v) is 5.93. The average molecular weight is 294 g/mol. The lowest BCUT2D eigenvalue weighted by molar-refractivity contribution is -0.112. The number of para-hydroxylation sites is 1. The van der Waals surface area contributed by atoms with Crippen molar-refractivity contribution in [1.29, 1.82) is 0 Å². The van der Waals surface area contributed by atoms with Crippen LogP contribution in [-0.4, -0.2) is 16.7 Å². The van der Waals surface area contributed by atoms with Gasteiger partial charge in [0.25, 0.3) is 11.7 Å². The number of carbonyl (C=O) groups excluding carboxylic acids is 2. The minimum Gasteiger partial charge on any atom is -0.349 e. The normalized spacial score (nSPS) is 13.5. The van der Waals surface area contributed by atoms with E-state index < -0.39 is 11.7 Å². The van der Waals surface area contributed by atoms with Crippen LogP contribution in [0, 0.1) is 0 Å². The van der Waals surface area contributed by atoms with Gasteiger partial charge in [-0.2, -0.15) is 0 Å². The van der Waals surface area contributed by atoms with Crippen molar-refractivity contribution in [2.45, 2.75) is 9.92 Å². The van der Waals surface area contributed by atoms with Crippen LogP contribution in [0.3, 0.4) is 0 Å². The number of rotatable bonds is 2. The average Bonchev–Trinajstić information content (AvgIpc) is 3.00. The molecule has 0 aliphatic carbocycles. The quantitative estimate of drug-likeness (QED) is 0.712. The molecular weight excluding hydrogens is 284 g/mol. The highest BCUT2D eigenvalue weighted by molar-refractivity contribution is 7.99. The Bertz CT molecular complexity index is 865. The van der Waals surface area contributed by atoms with E-state index in [0.717, 1.165) is 20.8 Å². The van der Waals surface area contributed by atoms with E-state index in [-0.39, 0.29) is 0 Å². The predicted molar refractivity (Wildman–Crippen MR) is 81.8 cm³/mol. The summed E-state index contributed by atoms with van der Waals surface area (Å²) < 4.78 is 0. The Morgan fingerprint density at radius 3 is 2.67 bits per heavy atom. The highest BCUT2D eigenvalue weighted by atomic mass is 32.2. The minimum absolute atomic E-state index is 0.445. The van der Waals surface area contributed by atoms with E-state index in [1.165, 1.54) is 0 Å². The van der Waals surface area contributed by atoms with Crippen LogP contribution >= 0.6 is 11.8 Å². The molecule has 0 saturated carbocycles. The van der Waals surface area contributed by atoms with E-state index in [2.05, 4.69) is 22.4 Å². The standard InChI is InChI=1S/C16H10N2O2S/c19-15-11-6-5-10(8-13(11)18-16(15)20)21-14-7-9-3-1-2-4-12(9)17-14/h1-8,17H,(H,18,19,20). The molecule has 1 aliphatic heterocycles. The van der Waals surface area contributed by atoms with Crippen LogP contribution in [0.5, 0.6) is 0 Å². The zero-order chi connectivity index (χ0) is 14.4. The maximum Gasteiger partial charge on any atom is 0.296 e. The zero-order valence-electron chi connectivity index (χ0n) is 10.8. The van der Waals surface area contributed by atoms with Crippen LogP contribution in [0.15, 0.2) is 58.5 Å². The van der Waals surface area contributed by atoms with Crippen molar-refractivity contribution in [2.24, 2.45) is 0 Å². The molecule has 2 heterocycles. The third-order valence-electron chi connectivity index (χ3n) is 3.42. The maximum absolute atomic E-state index is 11.6. The summed E-state index contributed by atoms with van der Waals surface area (Å²) in [5.74, 6) is -1.02. The lowest BCUT2D eigenvalue weighted by Gasteiger charge is -2.02. The van der Waals surface area contributed by atoms with Gasteiger partial charge in [-0.25, -0.2) is 0 Å². The molecule has 0 bridgehead atoms. The number of Topliss-reactive ketones (excluding diaryl/α,β-unsaturated/α-hetero) is 1. The molecule has 0 radical (unpaired) electrons. The topological polar surface area (TPSA) is 62.0 Å². The van der Waals surface area contributed by atoms with E-state index in [4.69, 9.17) is 0 Å². The first-order valence-electron chi connectivity index (χ1n) is 6.46. The molecule has 0 fully saturated rings. The van der Waals surface area contributed by atoms with Gasteiger partial charge in [0.2, 0.25) is 0 Å². The van der Waals surface area contributed by atoms with Gasteiger partial charge in [0.15, 0.2) is 0 Å². The van der Waals surface area contributed by atoms with E-state index in [0.29, 0.717) is 11.3 Å². The lowest BCUT2D eigenvalue weighted by atomic mass is 10.1. The lowest BCUT2D eigenvalue weighted by Crippen LogP contribution is -2.12. The highest BCUT2D eigenvalue weighted by Crippen LogP contribution is 2.34. The molecule has 4 nitrogen and oxygen atoms in total. The summed E-state index contributed by atoms with van der Waals surface area (Å²) in [4.78, 5) is 27.2. The molecule has 1 aromatic heterocycles. The molecule has 102 valence electrons. The summed E-state index contributed by atoms with van der Waals surface area (Å²) in [6.45, 7) is 0. The fourth-order valence-corrected chi connectivity index (χ4v) is 3.33. The molecule has 2 N–H and O–H groups in total. The number of H-pyrrole nitrogens is 1.